The fourth-order valence-corrected chi connectivity index (χ4v) is 2.92. The zero-order valence-electron chi connectivity index (χ0n) is 12.4. The number of amides is 1. The Balaban J connectivity index is 1.98. The molecule has 0 aliphatic carbocycles. The van der Waals surface area contributed by atoms with Gasteiger partial charge in [0.2, 0.25) is 0 Å². The topological polar surface area (TPSA) is 45.2 Å². The fourth-order valence-electron chi connectivity index (χ4n) is 1.83. The van der Waals surface area contributed by atoms with Crippen molar-refractivity contribution in [2.75, 3.05) is 27.2 Å². The van der Waals surface area contributed by atoms with Gasteiger partial charge in [-0.25, -0.2) is 4.98 Å². The van der Waals surface area contributed by atoms with E-state index in [0.29, 0.717) is 22.3 Å². The van der Waals surface area contributed by atoms with Gasteiger partial charge in [-0.1, -0.05) is 29.3 Å². The molecule has 4 nitrogen and oxygen atoms in total. The van der Waals surface area contributed by atoms with Crippen LogP contribution in [-0.4, -0.2) is 43.0 Å². The van der Waals surface area contributed by atoms with Crippen LogP contribution in [0, 0.1) is 0 Å². The molecule has 0 unspecified atom stereocenters. The van der Waals surface area contributed by atoms with E-state index in [1.165, 1.54) is 11.3 Å². The van der Waals surface area contributed by atoms with Crippen LogP contribution in [0.1, 0.15) is 16.9 Å². The van der Waals surface area contributed by atoms with Crippen LogP contribution in [0.2, 0.25) is 10.0 Å². The first kappa shape index (κ1) is 17.2. The molecule has 0 spiro atoms. The van der Waals surface area contributed by atoms with Crippen molar-refractivity contribution in [2.45, 2.75) is 6.42 Å². The lowest BCUT2D eigenvalue weighted by Gasteiger charge is -2.09. The van der Waals surface area contributed by atoms with Crippen LogP contribution in [0.5, 0.6) is 0 Å². The van der Waals surface area contributed by atoms with Gasteiger partial charge in [0.1, 0.15) is 10.7 Å². The standard InChI is InChI=1S/C15H17Cl2N3OS/c1-20(2)7-3-6-18-14(21)13-9-22-15(19-13)10-4-5-11(16)12(17)8-10/h4-5,8-9H,3,6-7H2,1-2H3,(H,18,21). The summed E-state index contributed by atoms with van der Waals surface area (Å²) in [6.45, 7) is 1.57. The molecule has 0 aliphatic heterocycles. The van der Waals surface area contributed by atoms with Gasteiger partial charge < -0.3 is 10.2 Å². The second kappa shape index (κ2) is 7.92. The lowest BCUT2D eigenvalue weighted by Crippen LogP contribution is -2.27. The van der Waals surface area contributed by atoms with Gasteiger partial charge in [0.25, 0.3) is 5.91 Å². The minimum absolute atomic E-state index is 0.152. The van der Waals surface area contributed by atoms with Crippen molar-refractivity contribution < 1.29 is 4.79 Å². The number of carbonyl (C=O) groups excluding carboxylic acids is 1. The molecule has 0 bridgehead atoms. The number of nitrogens with one attached hydrogen (secondary N) is 1. The predicted molar refractivity (Wildman–Crippen MR) is 93.1 cm³/mol. The fraction of sp³-hybridized carbons (Fsp3) is 0.333. The van der Waals surface area contributed by atoms with Gasteiger partial charge in [0.15, 0.2) is 0 Å². The summed E-state index contributed by atoms with van der Waals surface area (Å²) >= 11 is 13.3. The molecule has 0 aliphatic rings. The number of aromatic nitrogens is 1. The maximum atomic E-state index is 12.0. The van der Waals surface area contributed by atoms with Gasteiger partial charge in [-0.2, -0.15) is 0 Å². The van der Waals surface area contributed by atoms with Gasteiger partial charge in [-0.3, -0.25) is 4.79 Å². The highest BCUT2D eigenvalue weighted by atomic mass is 35.5. The summed E-state index contributed by atoms with van der Waals surface area (Å²) in [4.78, 5) is 18.5. The highest BCUT2D eigenvalue weighted by Crippen LogP contribution is 2.30. The van der Waals surface area contributed by atoms with Crippen LogP contribution in [0.25, 0.3) is 10.6 Å². The minimum Gasteiger partial charge on any atom is -0.351 e. The Kier molecular flexibility index (Phi) is 6.20. The number of halogens is 2. The molecule has 22 heavy (non-hydrogen) atoms. The van der Waals surface area contributed by atoms with Crippen LogP contribution < -0.4 is 5.32 Å². The van der Waals surface area contributed by atoms with Crippen LogP contribution in [0.3, 0.4) is 0 Å². The van der Waals surface area contributed by atoms with E-state index in [9.17, 15) is 4.79 Å². The molecule has 2 aromatic rings. The summed E-state index contributed by atoms with van der Waals surface area (Å²) in [6, 6.07) is 5.31. The van der Waals surface area contributed by atoms with Crippen molar-refractivity contribution in [3.05, 3.63) is 39.3 Å². The van der Waals surface area contributed by atoms with E-state index in [1.807, 2.05) is 20.2 Å². The van der Waals surface area contributed by atoms with E-state index >= 15 is 0 Å². The van der Waals surface area contributed by atoms with Crippen LogP contribution >= 0.6 is 34.5 Å². The number of benzene rings is 1. The molecule has 0 atom stereocenters. The molecular formula is C15H17Cl2N3OS. The molecule has 1 aromatic carbocycles. The van der Waals surface area contributed by atoms with Crippen molar-refractivity contribution in [1.82, 2.24) is 15.2 Å². The molecule has 0 fully saturated rings. The third kappa shape index (κ3) is 4.68. The summed E-state index contributed by atoms with van der Waals surface area (Å²) in [5.74, 6) is -0.152. The SMILES string of the molecule is CN(C)CCCNC(=O)c1csc(-c2ccc(Cl)c(Cl)c2)n1. The van der Waals surface area contributed by atoms with Crippen LogP contribution in [0.15, 0.2) is 23.6 Å². The monoisotopic (exact) mass is 357 g/mol. The summed E-state index contributed by atoms with van der Waals surface area (Å²) in [6.07, 6.45) is 0.905. The van der Waals surface area contributed by atoms with Crippen molar-refractivity contribution >= 4 is 40.4 Å². The molecule has 1 N–H and O–H groups in total. The number of rotatable bonds is 6. The number of hydrogen-bond donors (Lipinski definition) is 1. The molecule has 1 amide bonds. The third-order valence-corrected chi connectivity index (χ3v) is 4.60. The first-order valence-electron chi connectivity index (χ1n) is 6.81. The Morgan fingerprint density at radius 2 is 2.09 bits per heavy atom. The van der Waals surface area contributed by atoms with E-state index in [4.69, 9.17) is 23.2 Å². The highest BCUT2D eigenvalue weighted by molar-refractivity contribution is 7.13. The van der Waals surface area contributed by atoms with E-state index in [0.717, 1.165) is 23.5 Å². The number of thiazole rings is 1. The summed E-state index contributed by atoms with van der Waals surface area (Å²) in [7, 11) is 4.01. The molecule has 0 saturated heterocycles. The van der Waals surface area contributed by atoms with Crippen LogP contribution in [-0.2, 0) is 0 Å². The Hall–Kier alpha value is -1.14. The average Bonchev–Trinajstić information content (AvgIpc) is 2.96. The maximum absolute atomic E-state index is 12.0. The van der Waals surface area contributed by atoms with Crippen molar-refractivity contribution in [2.24, 2.45) is 0 Å². The average molecular weight is 358 g/mol. The Morgan fingerprint density at radius 3 is 2.77 bits per heavy atom. The van der Waals surface area contributed by atoms with E-state index in [2.05, 4.69) is 15.2 Å². The van der Waals surface area contributed by atoms with E-state index in [-0.39, 0.29) is 5.91 Å². The Labute approximate surface area is 144 Å². The number of hydrogen-bond acceptors (Lipinski definition) is 4. The molecule has 0 saturated carbocycles. The zero-order valence-corrected chi connectivity index (χ0v) is 14.7. The first-order chi connectivity index (χ1) is 10.5. The highest BCUT2D eigenvalue weighted by Gasteiger charge is 2.12. The molecule has 2 rings (SSSR count). The first-order valence-corrected chi connectivity index (χ1v) is 8.45. The lowest BCUT2D eigenvalue weighted by atomic mass is 10.2. The van der Waals surface area contributed by atoms with Gasteiger partial charge >= 0.3 is 0 Å². The Morgan fingerprint density at radius 1 is 1.32 bits per heavy atom. The normalized spacial score (nSPS) is 11.0. The maximum Gasteiger partial charge on any atom is 0.270 e. The third-order valence-electron chi connectivity index (χ3n) is 2.97. The van der Waals surface area contributed by atoms with Crippen LogP contribution in [0.4, 0.5) is 0 Å². The van der Waals surface area contributed by atoms with Crippen molar-refractivity contribution in [3.8, 4) is 10.6 Å². The lowest BCUT2D eigenvalue weighted by molar-refractivity contribution is 0.0948. The summed E-state index contributed by atoms with van der Waals surface area (Å²) in [5.41, 5.74) is 1.28. The zero-order chi connectivity index (χ0) is 16.1. The van der Waals surface area contributed by atoms with Gasteiger partial charge in [0.05, 0.1) is 10.0 Å². The minimum atomic E-state index is -0.152. The number of nitrogens with zero attached hydrogens (tertiary/aromatic N) is 2. The van der Waals surface area contributed by atoms with Gasteiger partial charge in [-0.05, 0) is 39.2 Å². The van der Waals surface area contributed by atoms with Crippen molar-refractivity contribution in [1.29, 1.82) is 0 Å². The smallest absolute Gasteiger partial charge is 0.270 e. The van der Waals surface area contributed by atoms with Gasteiger partial charge in [0, 0.05) is 17.5 Å². The van der Waals surface area contributed by atoms with E-state index in [1.54, 1.807) is 17.5 Å². The summed E-state index contributed by atoms with van der Waals surface area (Å²) < 4.78 is 0. The van der Waals surface area contributed by atoms with Gasteiger partial charge in [-0.15, -0.1) is 11.3 Å². The summed E-state index contributed by atoms with van der Waals surface area (Å²) in [5, 5.41) is 6.34. The van der Waals surface area contributed by atoms with Crippen molar-refractivity contribution in [3.63, 3.8) is 0 Å². The second-order valence-corrected chi connectivity index (χ2v) is 6.75. The molecular weight excluding hydrogens is 341 g/mol. The molecule has 1 aromatic heterocycles. The quantitative estimate of drug-likeness (QED) is 0.799. The number of carbonyl (C=O) groups is 1. The molecule has 1 heterocycles. The molecule has 0 radical (unpaired) electrons. The largest absolute Gasteiger partial charge is 0.351 e. The molecule has 118 valence electrons. The predicted octanol–water partition coefficient (Wildman–Crippen LogP) is 3.80. The Bertz CT molecular complexity index is 658. The molecule has 7 heteroatoms. The van der Waals surface area contributed by atoms with E-state index < -0.39 is 0 Å². The second-order valence-electron chi connectivity index (χ2n) is 5.08.